The molecule has 0 heterocycles. The maximum absolute atomic E-state index is 13.4. The molecule has 0 aliphatic rings. The van der Waals surface area contributed by atoms with Gasteiger partial charge in [-0.15, -0.1) is 0 Å². The molecule has 0 saturated heterocycles. The molecule has 0 fully saturated rings. The Kier molecular flexibility index (Phi) is 14.6. The second-order valence-electron chi connectivity index (χ2n) is 9.89. The Bertz CT molecular complexity index is 969. The van der Waals surface area contributed by atoms with Gasteiger partial charge < -0.3 is 38.3 Å². The molecule has 0 saturated carbocycles. The average molecular weight is 548 g/mol. The summed E-state index contributed by atoms with van der Waals surface area (Å²) >= 11 is 0. The number of hydrogen-bond donors (Lipinski definition) is 7. The Labute approximate surface area is 230 Å². The number of carboxylic acid groups (broad SMARTS) is 1. The van der Waals surface area contributed by atoms with Gasteiger partial charge in [0.25, 0.3) is 0 Å². The van der Waals surface area contributed by atoms with Crippen molar-refractivity contribution in [3.8, 4) is 0 Å². The van der Waals surface area contributed by atoms with E-state index in [2.05, 4.69) is 20.9 Å². The van der Waals surface area contributed by atoms with E-state index >= 15 is 0 Å². The molecule has 12 heteroatoms. The maximum atomic E-state index is 13.4. The van der Waals surface area contributed by atoms with Crippen LogP contribution in [0.4, 0.5) is 0 Å². The molecule has 0 radical (unpaired) electrons. The summed E-state index contributed by atoms with van der Waals surface area (Å²) in [5.41, 5.74) is 17.7. The third kappa shape index (κ3) is 11.7. The number of carboxylic acids is 1. The van der Waals surface area contributed by atoms with Crippen LogP contribution < -0.4 is 33.2 Å². The van der Waals surface area contributed by atoms with Crippen molar-refractivity contribution in [1.82, 2.24) is 16.0 Å². The van der Waals surface area contributed by atoms with Crippen LogP contribution in [0.1, 0.15) is 58.9 Å². The quantitative estimate of drug-likeness (QED) is 0.0812. The number of nitrogens with one attached hydrogen (secondary N) is 3. The summed E-state index contributed by atoms with van der Waals surface area (Å²) in [5, 5.41) is 17.6. The first-order chi connectivity index (χ1) is 18.4. The molecular weight excluding hydrogens is 502 g/mol. The van der Waals surface area contributed by atoms with Gasteiger partial charge in [0.15, 0.2) is 5.96 Å². The molecule has 0 aliphatic carbocycles. The van der Waals surface area contributed by atoms with Crippen molar-refractivity contribution >= 4 is 29.7 Å². The lowest BCUT2D eigenvalue weighted by molar-refractivity contribution is -0.144. The van der Waals surface area contributed by atoms with Gasteiger partial charge in [-0.25, -0.2) is 4.79 Å². The van der Waals surface area contributed by atoms with Crippen molar-refractivity contribution in [2.24, 2.45) is 34.0 Å². The fourth-order valence-electron chi connectivity index (χ4n) is 3.89. The maximum Gasteiger partial charge on any atom is 0.326 e. The summed E-state index contributed by atoms with van der Waals surface area (Å²) in [5.74, 6) is -3.57. The highest BCUT2D eigenvalue weighted by Gasteiger charge is 2.34. The summed E-state index contributed by atoms with van der Waals surface area (Å²) < 4.78 is 0. The minimum atomic E-state index is -1.15. The van der Waals surface area contributed by atoms with E-state index in [0.717, 1.165) is 5.56 Å². The molecule has 3 amide bonds. The van der Waals surface area contributed by atoms with Crippen molar-refractivity contribution in [2.45, 2.75) is 84.0 Å². The Morgan fingerprint density at radius 1 is 0.872 bits per heavy atom. The highest BCUT2D eigenvalue weighted by atomic mass is 16.4. The lowest BCUT2D eigenvalue weighted by Gasteiger charge is -2.29. The van der Waals surface area contributed by atoms with Crippen LogP contribution in [0.2, 0.25) is 0 Å². The van der Waals surface area contributed by atoms with Gasteiger partial charge in [-0.05, 0) is 36.7 Å². The number of hydrogen-bond acceptors (Lipinski definition) is 6. The van der Waals surface area contributed by atoms with Gasteiger partial charge in [-0.2, -0.15) is 0 Å². The Hall–Kier alpha value is -3.67. The number of benzene rings is 1. The summed E-state index contributed by atoms with van der Waals surface area (Å²) in [6.07, 6.45) is 1.93. The van der Waals surface area contributed by atoms with E-state index in [4.69, 9.17) is 17.2 Å². The van der Waals surface area contributed by atoms with Gasteiger partial charge >= 0.3 is 5.97 Å². The topological polar surface area (TPSA) is 215 Å². The van der Waals surface area contributed by atoms with Gasteiger partial charge in [-0.3, -0.25) is 19.4 Å². The Morgan fingerprint density at radius 2 is 1.44 bits per heavy atom. The Morgan fingerprint density at radius 3 is 1.97 bits per heavy atom. The van der Waals surface area contributed by atoms with Crippen LogP contribution in [0.3, 0.4) is 0 Å². The SMILES string of the molecule is CCC(C)C(NC(=O)C(NC(=O)C(CCCN=C(N)N)NC(=O)C(N)Cc1ccccc1)C(C)CC)C(=O)O. The number of aliphatic imine (C=N–C) groups is 1. The van der Waals surface area contributed by atoms with Crippen LogP contribution in [0, 0.1) is 11.8 Å². The van der Waals surface area contributed by atoms with Crippen LogP contribution in [-0.2, 0) is 25.6 Å². The highest BCUT2D eigenvalue weighted by Crippen LogP contribution is 2.13. The first kappa shape index (κ1) is 33.4. The van der Waals surface area contributed by atoms with E-state index in [1.807, 2.05) is 44.2 Å². The first-order valence-electron chi connectivity index (χ1n) is 13.4. The summed E-state index contributed by atoms with van der Waals surface area (Å²) in [6, 6.07) is 5.22. The van der Waals surface area contributed by atoms with E-state index in [-0.39, 0.29) is 37.2 Å². The lowest BCUT2D eigenvalue weighted by Crippen LogP contribution is -2.59. The van der Waals surface area contributed by atoms with Crippen molar-refractivity contribution in [2.75, 3.05) is 6.54 Å². The van der Waals surface area contributed by atoms with E-state index in [1.54, 1.807) is 13.8 Å². The zero-order valence-corrected chi connectivity index (χ0v) is 23.4. The molecule has 1 aromatic rings. The van der Waals surface area contributed by atoms with Crippen LogP contribution >= 0.6 is 0 Å². The zero-order valence-electron chi connectivity index (χ0n) is 23.4. The van der Waals surface area contributed by atoms with Crippen molar-refractivity contribution in [1.29, 1.82) is 0 Å². The molecule has 39 heavy (non-hydrogen) atoms. The van der Waals surface area contributed by atoms with E-state index in [0.29, 0.717) is 19.3 Å². The van der Waals surface area contributed by atoms with Gasteiger partial charge in [0.05, 0.1) is 6.04 Å². The standard InChI is InChI=1S/C27H45N7O5/c1-5-16(3)21(25(37)34-22(26(38)39)17(4)6-2)33-24(36)20(13-10-14-31-27(29)30)32-23(35)19(28)15-18-11-8-7-9-12-18/h7-9,11-12,16-17,19-22H,5-6,10,13-15,28H2,1-4H3,(H,32,35)(H,33,36)(H,34,37)(H,38,39)(H4,29,30,31). The number of amides is 3. The van der Waals surface area contributed by atoms with Crippen molar-refractivity contribution in [3.63, 3.8) is 0 Å². The molecule has 218 valence electrons. The zero-order chi connectivity index (χ0) is 29.5. The molecule has 0 aromatic heterocycles. The number of nitrogens with two attached hydrogens (primary N) is 3. The fraction of sp³-hybridized carbons (Fsp3) is 0.593. The van der Waals surface area contributed by atoms with E-state index < -0.39 is 47.9 Å². The van der Waals surface area contributed by atoms with E-state index in [9.17, 15) is 24.3 Å². The molecule has 0 bridgehead atoms. The van der Waals surface area contributed by atoms with Crippen LogP contribution in [-0.4, -0.2) is 65.5 Å². The molecule has 6 unspecified atom stereocenters. The van der Waals surface area contributed by atoms with Gasteiger partial charge in [-0.1, -0.05) is 70.9 Å². The molecule has 0 aliphatic heterocycles. The monoisotopic (exact) mass is 547 g/mol. The number of carbonyl (C=O) groups excluding carboxylic acids is 3. The average Bonchev–Trinajstić information content (AvgIpc) is 2.90. The summed E-state index contributed by atoms with van der Waals surface area (Å²) in [4.78, 5) is 55.1. The summed E-state index contributed by atoms with van der Waals surface area (Å²) in [7, 11) is 0. The number of guanidine groups is 1. The number of aliphatic carboxylic acids is 1. The Balaban J connectivity index is 3.07. The van der Waals surface area contributed by atoms with Gasteiger partial charge in [0.2, 0.25) is 17.7 Å². The number of rotatable bonds is 17. The highest BCUT2D eigenvalue weighted by molar-refractivity contribution is 5.94. The lowest BCUT2D eigenvalue weighted by atomic mass is 9.95. The van der Waals surface area contributed by atoms with Crippen molar-refractivity contribution in [3.05, 3.63) is 35.9 Å². The van der Waals surface area contributed by atoms with Crippen molar-refractivity contribution < 1.29 is 24.3 Å². The van der Waals surface area contributed by atoms with Gasteiger partial charge in [0.1, 0.15) is 18.1 Å². The second-order valence-corrected chi connectivity index (χ2v) is 9.89. The minimum absolute atomic E-state index is 0.0901. The van der Waals surface area contributed by atoms with Gasteiger partial charge in [0, 0.05) is 6.54 Å². The molecule has 10 N–H and O–H groups in total. The molecule has 6 atom stereocenters. The largest absolute Gasteiger partial charge is 0.480 e. The first-order valence-corrected chi connectivity index (χ1v) is 13.4. The third-order valence-electron chi connectivity index (χ3n) is 6.78. The van der Waals surface area contributed by atoms with E-state index in [1.165, 1.54) is 0 Å². The normalized spacial score (nSPS) is 15.5. The van der Waals surface area contributed by atoms with Crippen LogP contribution in [0.15, 0.2) is 35.3 Å². The molecule has 1 aromatic carbocycles. The number of carbonyl (C=O) groups is 4. The van der Waals surface area contributed by atoms with Crippen LogP contribution in [0.25, 0.3) is 0 Å². The molecule has 0 spiro atoms. The summed E-state index contributed by atoms with van der Waals surface area (Å²) in [6.45, 7) is 7.45. The third-order valence-corrected chi connectivity index (χ3v) is 6.78. The molecular formula is C27H45N7O5. The smallest absolute Gasteiger partial charge is 0.326 e. The second kappa shape index (κ2) is 17.0. The predicted octanol–water partition coefficient (Wildman–Crippen LogP) is 0.241. The minimum Gasteiger partial charge on any atom is -0.480 e. The molecule has 12 nitrogen and oxygen atoms in total. The molecule has 1 rings (SSSR count). The van der Waals surface area contributed by atoms with Crippen LogP contribution in [0.5, 0.6) is 0 Å². The number of nitrogens with zero attached hydrogens (tertiary/aromatic N) is 1. The predicted molar refractivity (Wildman–Crippen MR) is 150 cm³/mol. The fourth-order valence-corrected chi connectivity index (χ4v) is 3.89.